The van der Waals surface area contributed by atoms with Crippen LogP contribution < -0.4 is 10.0 Å². The van der Waals surface area contributed by atoms with E-state index in [2.05, 4.69) is 9.97 Å². The highest BCUT2D eigenvalue weighted by atomic mass is 32.2. The number of nitrogens with zero attached hydrogens (tertiary/aromatic N) is 3. The molecule has 0 saturated heterocycles. The van der Waals surface area contributed by atoms with Crippen LogP contribution in [0.2, 0.25) is 0 Å². The highest BCUT2D eigenvalue weighted by Crippen LogP contribution is 2.23. The molecule has 0 unspecified atom stereocenters. The van der Waals surface area contributed by atoms with Gasteiger partial charge in [-0.05, 0) is 18.2 Å². The van der Waals surface area contributed by atoms with Crippen molar-refractivity contribution in [1.29, 1.82) is 0 Å². The Labute approximate surface area is 105 Å². The van der Waals surface area contributed by atoms with Crippen LogP contribution in [0.3, 0.4) is 0 Å². The first kappa shape index (κ1) is 12.3. The fourth-order valence-electron chi connectivity index (χ4n) is 1.43. The van der Waals surface area contributed by atoms with Crippen LogP contribution in [-0.2, 0) is 10.0 Å². The summed E-state index contributed by atoms with van der Waals surface area (Å²) in [5.41, 5.74) is 6.29. The van der Waals surface area contributed by atoms with Gasteiger partial charge in [-0.3, -0.25) is 14.3 Å². The second-order valence-corrected chi connectivity index (χ2v) is 5.53. The molecule has 0 aliphatic carbocycles. The van der Waals surface area contributed by atoms with Crippen molar-refractivity contribution in [3.63, 3.8) is 0 Å². The molecular weight excluding hydrogens is 252 g/mol. The van der Waals surface area contributed by atoms with Crippen LogP contribution in [0, 0.1) is 0 Å². The van der Waals surface area contributed by atoms with Gasteiger partial charge in [0.1, 0.15) is 4.90 Å². The van der Waals surface area contributed by atoms with Crippen molar-refractivity contribution in [2.45, 2.75) is 4.90 Å². The van der Waals surface area contributed by atoms with Crippen LogP contribution in [0.15, 0.2) is 47.9 Å². The van der Waals surface area contributed by atoms with E-state index in [0.29, 0.717) is 5.69 Å². The van der Waals surface area contributed by atoms with E-state index in [-0.39, 0.29) is 10.6 Å². The lowest BCUT2D eigenvalue weighted by atomic mass is 10.4. The van der Waals surface area contributed by atoms with Gasteiger partial charge in [-0.1, -0.05) is 0 Å². The smallest absolute Gasteiger partial charge is 0.267 e. The van der Waals surface area contributed by atoms with Crippen molar-refractivity contribution in [2.75, 3.05) is 17.1 Å². The zero-order valence-electron chi connectivity index (χ0n) is 9.69. The standard InChI is InChI=1S/C11H12N4O2S/c1-15(9-3-2-5-13-7-9)18(16,17)11-8-14-6-4-10(11)12/h2-8H,1H3,(H2,12,14). The lowest BCUT2D eigenvalue weighted by Gasteiger charge is -2.19. The summed E-state index contributed by atoms with van der Waals surface area (Å²) in [6.07, 6.45) is 5.71. The summed E-state index contributed by atoms with van der Waals surface area (Å²) >= 11 is 0. The average molecular weight is 264 g/mol. The average Bonchev–Trinajstić information content (AvgIpc) is 2.39. The van der Waals surface area contributed by atoms with Crippen molar-refractivity contribution in [3.8, 4) is 0 Å². The summed E-state index contributed by atoms with van der Waals surface area (Å²) in [7, 11) is -2.27. The number of rotatable bonds is 3. The number of nitrogen functional groups attached to an aromatic ring is 1. The molecule has 0 radical (unpaired) electrons. The van der Waals surface area contributed by atoms with E-state index in [9.17, 15) is 8.42 Å². The minimum atomic E-state index is -3.72. The molecule has 2 heterocycles. The third-order valence-corrected chi connectivity index (χ3v) is 4.29. The highest BCUT2D eigenvalue weighted by Gasteiger charge is 2.23. The molecule has 2 N–H and O–H groups in total. The molecule has 6 nitrogen and oxygen atoms in total. The second-order valence-electron chi connectivity index (χ2n) is 3.60. The lowest BCUT2D eigenvalue weighted by molar-refractivity contribution is 0.594. The van der Waals surface area contributed by atoms with Gasteiger partial charge >= 0.3 is 0 Å². The van der Waals surface area contributed by atoms with Gasteiger partial charge in [0.15, 0.2) is 0 Å². The zero-order valence-corrected chi connectivity index (χ0v) is 10.5. The maximum absolute atomic E-state index is 12.3. The molecular formula is C11H12N4O2S. The Kier molecular flexibility index (Phi) is 3.15. The predicted molar refractivity (Wildman–Crippen MR) is 68.5 cm³/mol. The molecule has 2 aromatic heterocycles. The van der Waals surface area contributed by atoms with Gasteiger partial charge in [-0.25, -0.2) is 8.42 Å². The number of nitrogens with two attached hydrogens (primary N) is 1. The second kappa shape index (κ2) is 4.61. The van der Waals surface area contributed by atoms with Gasteiger partial charge in [0.25, 0.3) is 10.0 Å². The van der Waals surface area contributed by atoms with Crippen molar-refractivity contribution in [2.24, 2.45) is 0 Å². The summed E-state index contributed by atoms with van der Waals surface area (Å²) in [5, 5.41) is 0. The van der Waals surface area contributed by atoms with Crippen molar-refractivity contribution >= 4 is 21.4 Å². The van der Waals surface area contributed by atoms with Crippen LogP contribution in [-0.4, -0.2) is 25.4 Å². The highest BCUT2D eigenvalue weighted by molar-refractivity contribution is 7.93. The Hall–Kier alpha value is -2.15. The summed E-state index contributed by atoms with van der Waals surface area (Å²) in [4.78, 5) is 7.65. The van der Waals surface area contributed by atoms with Crippen LogP contribution in [0.5, 0.6) is 0 Å². The minimum absolute atomic E-state index is 0.0173. The lowest BCUT2D eigenvalue weighted by Crippen LogP contribution is -2.27. The van der Waals surface area contributed by atoms with E-state index < -0.39 is 10.0 Å². The Morgan fingerprint density at radius 2 is 1.89 bits per heavy atom. The topological polar surface area (TPSA) is 89.2 Å². The summed E-state index contributed by atoms with van der Waals surface area (Å²) in [6, 6.07) is 4.76. The van der Waals surface area contributed by atoms with Crippen LogP contribution >= 0.6 is 0 Å². The van der Waals surface area contributed by atoms with E-state index in [0.717, 1.165) is 4.31 Å². The van der Waals surface area contributed by atoms with Gasteiger partial charge in [0.05, 0.1) is 17.6 Å². The molecule has 0 amide bonds. The van der Waals surface area contributed by atoms with E-state index in [4.69, 9.17) is 5.73 Å². The van der Waals surface area contributed by atoms with E-state index in [1.807, 2.05) is 0 Å². The number of anilines is 2. The van der Waals surface area contributed by atoms with Crippen LogP contribution in [0.25, 0.3) is 0 Å². The number of hydrogen-bond donors (Lipinski definition) is 1. The molecule has 2 rings (SSSR count). The number of aromatic nitrogens is 2. The summed E-state index contributed by atoms with van der Waals surface area (Å²) in [6.45, 7) is 0. The first-order valence-corrected chi connectivity index (χ1v) is 6.56. The SMILES string of the molecule is CN(c1cccnc1)S(=O)(=O)c1cnccc1N. The quantitative estimate of drug-likeness (QED) is 0.889. The van der Waals surface area contributed by atoms with Crippen LogP contribution in [0.4, 0.5) is 11.4 Å². The van der Waals surface area contributed by atoms with E-state index in [1.165, 1.54) is 31.7 Å². The molecule has 2 aromatic rings. The summed E-state index contributed by atoms with van der Waals surface area (Å²) in [5.74, 6) is 0. The van der Waals surface area contributed by atoms with Gasteiger partial charge in [0.2, 0.25) is 0 Å². The van der Waals surface area contributed by atoms with E-state index >= 15 is 0 Å². The molecule has 0 spiro atoms. The molecule has 18 heavy (non-hydrogen) atoms. The molecule has 0 aliphatic heterocycles. The van der Waals surface area contributed by atoms with Gasteiger partial charge in [0, 0.05) is 25.6 Å². The molecule has 0 saturated carbocycles. The normalized spacial score (nSPS) is 11.2. The molecule has 0 bridgehead atoms. The predicted octanol–water partition coefficient (Wildman–Crippen LogP) is 0.884. The third kappa shape index (κ3) is 2.12. The number of hydrogen-bond acceptors (Lipinski definition) is 5. The maximum atomic E-state index is 12.3. The molecule has 94 valence electrons. The van der Waals surface area contributed by atoms with E-state index in [1.54, 1.807) is 18.3 Å². The van der Waals surface area contributed by atoms with Crippen molar-refractivity contribution in [3.05, 3.63) is 43.0 Å². The fraction of sp³-hybridized carbons (Fsp3) is 0.0909. The minimum Gasteiger partial charge on any atom is -0.398 e. The zero-order chi connectivity index (χ0) is 13.2. The van der Waals surface area contributed by atoms with Gasteiger partial charge in [-0.15, -0.1) is 0 Å². The van der Waals surface area contributed by atoms with Gasteiger partial charge in [-0.2, -0.15) is 0 Å². The number of sulfonamides is 1. The Morgan fingerprint density at radius 1 is 1.17 bits per heavy atom. The first-order chi connectivity index (χ1) is 8.53. The largest absolute Gasteiger partial charge is 0.398 e. The maximum Gasteiger partial charge on any atom is 0.267 e. The first-order valence-electron chi connectivity index (χ1n) is 5.12. The number of pyridine rings is 2. The Bertz CT molecular complexity index is 643. The molecule has 7 heteroatoms. The van der Waals surface area contributed by atoms with Gasteiger partial charge < -0.3 is 5.73 Å². The molecule has 0 aliphatic rings. The molecule has 0 aromatic carbocycles. The van der Waals surface area contributed by atoms with Crippen molar-refractivity contribution < 1.29 is 8.42 Å². The Balaban J connectivity index is 2.48. The van der Waals surface area contributed by atoms with Crippen LogP contribution in [0.1, 0.15) is 0 Å². The molecule has 0 atom stereocenters. The molecule has 0 fully saturated rings. The summed E-state index contributed by atoms with van der Waals surface area (Å²) < 4.78 is 25.8. The fourth-order valence-corrected chi connectivity index (χ4v) is 2.67. The monoisotopic (exact) mass is 264 g/mol. The van der Waals surface area contributed by atoms with Crippen molar-refractivity contribution in [1.82, 2.24) is 9.97 Å². The third-order valence-electron chi connectivity index (χ3n) is 2.46. The Morgan fingerprint density at radius 3 is 2.50 bits per heavy atom.